The zero-order valence-electron chi connectivity index (χ0n) is 37.1. The molecule has 2 heterocycles. The van der Waals surface area contributed by atoms with E-state index in [2.05, 4.69) is 230 Å². The Labute approximate surface area is 396 Å². The summed E-state index contributed by atoms with van der Waals surface area (Å²) in [6.07, 6.45) is 2.19. The molecule has 320 valence electrons. The fourth-order valence-electron chi connectivity index (χ4n) is 10.2. The Bertz CT molecular complexity index is 3520. The van der Waals surface area contributed by atoms with Crippen molar-refractivity contribution in [2.45, 2.75) is 5.41 Å². The first-order chi connectivity index (χ1) is 33.6. The van der Waals surface area contributed by atoms with Crippen LogP contribution in [0, 0.1) is 5.41 Å². The molecule has 9 aromatic carbocycles. The highest BCUT2D eigenvalue weighted by Crippen LogP contribution is 2.56. The van der Waals surface area contributed by atoms with Gasteiger partial charge in [0.2, 0.25) is 0 Å². The van der Waals surface area contributed by atoms with Crippen molar-refractivity contribution >= 4 is 28.8 Å². The highest BCUT2D eigenvalue weighted by Gasteiger charge is 2.46. The van der Waals surface area contributed by atoms with Crippen LogP contribution in [0.2, 0.25) is 0 Å². The van der Waals surface area contributed by atoms with E-state index >= 15 is 0 Å². The summed E-state index contributed by atoms with van der Waals surface area (Å²) in [6.45, 7) is 0. The molecule has 0 bridgehead atoms. The van der Waals surface area contributed by atoms with Crippen molar-refractivity contribution in [1.82, 2.24) is 15.3 Å². The number of fused-ring (bicyclic) bond motifs is 4. The van der Waals surface area contributed by atoms with E-state index in [1.54, 1.807) is 0 Å². The van der Waals surface area contributed by atoms with Gasteiger partial charge >= 0.3 is 0 Å². The number of hydrogen-bond donors (Lipinski definition) is 2. The van der Waals surface area contributed by atoms with E-state index in [-0.39, 0.29) is 0 Å². The van der Waals surface area contributed by atoms with Gasteiger partial charge in [-0.2, -0.15) is 0 Å². The summed E-state index contributed by atoms with van der Waals surface area (Å²) >= 11 is 0. The summed E-state index contributed by atoms with van der Waals surface area (Å²) in [6, 6.07) is 87.1. The molecular weight excluding hydrogens is 825 g/mol. The Morgan fingerprint density at radius 3 is 1.54 bits per heavy atom. The molecule has 10 aromatic rings. The molecule has 1 aliphatic carbocycles. The monoisotopic (exact) mass is 868 g/mol. The zero-order chi connectivity index (χ0) is 45.4. The standard InChI is InChI=1S/C64H44N4/c65-61(60(46-24-10-3-11-25-46)62-52-31-17-16-26-48(52)41-57(66-62)43-20-6-1-7-21-43)47-36-34-45(35-37-47)59-42-58(44-22-8-2-9-23-44)67-63(68-59)49-38-39-54-53-32-18-19-33-55(53)64(56(54)40-49,50-27-12-4-13-28-50)51-29-14-5-15-30-51/h1-42,65-66H/b62-60-,65-61?. The van der Waals surface area contributed by atoms with Crippen molar-refractivity contribution in [3.63, 3.8) is 0 Å². The lowest BCUT2D eigenvalue weighted by Gasteiger charge is -2.34. The third-order valence-electron chi connectivity index (χ3n) is 13.4. The largest absolute Gasteiger partial charge is 0.354 e. The number of aromatic nitrogens is 2. The van der Waals surface area contributed by atoms with Crippen molar-refractivity contribution in [3.8, 4) is 45.0 Å². The number of nitrogens with one attached hydrogen (secondary N) is 2. The number of nitrogens with zero attached hydrogens (tertiary/aromatic N) is 2. The van der Waals surface area contributed by atoms with Crippen LogP contribution in [0.3, 0.4) is 0 Å². The lowest BCUT2D eigenvalue weighted by molar-refractivity contribution is 0.768. The van der Waals surface area contributed by atoms with Gasteiger partial charge in [0.25, 0.3) is 0 Å². The molecule has 0 fully saturated rings. The average Bonchev–Trinajstić information content (AvgIpc) is 3.72. The van der Waals surface area contributed by atoms with Gasteiger partial charge in [-0.1, -0.05) is 237 Å². The summed E-state index contributed by atoms with van der Waals surface area (Å²) in [4.78, 5) is 10.7. The van der Waals surface area contributed by atoms with Crippen molar-refractivity contribution in [2.24, 2.45) is 0 Å². The molecule has 2 aliphatic rings. The van der Waals surface area contributed by atoms with E-state index < -0.39 is 5.41 Å². The average molecular weight is 869 g/mol. The number of allylic oxidation sites excluding steroid dienone is 1. The minimum atomic E-state index is -0.548. The molecular formula is C64H44N4. The topological polar surface area (TPSA) is 61.7 Å². The summed E-state index contributed by atoms with van der Waals surface area (Å²) in [5.41, 5.74) is 19.4. The van der Waals surface area contributed by atoms with Crippen LogP contribution in [-0.2, 0) is 5.41 Å². The van der Waals surface area contributed by atoms with Crippen LogP contribution in [-0.4, -0.2) is 15.7 Å². The van der Waals surface area contributed by atoms with E-state index in [0.29, 0.717) is 11.5 Å². The molecule has 0 radical (unpaired) electrons. The van der Waals surface area contributed by atoms with Crippen molar-refractivity contribution in [3.05, 3.63) is 299 Å². The Hall–Kier alpha value is -8.99. The number of rotatable bonds is 9. The molecule has 0 unspecified atom stereocenters. The Kier molecular flexibility index (Phi) is 10.2. The first-order valence-corrected chi connectivity index (χ1v) is 23.1. The predicted molar refractivity (Wildman–Crippen MR) is 280 cm³/mol. The molecule has 1 aromatic heterocycles. The fraction of sp³-hybridized carbons (Fsp3) is 0.0156. The van der Waals surface area contributed by atoms with Crippen LogP contribution in [0.4, 0.5) is 0 Å². The molecule has 0 saturated heterocycles. The van der Waals surface area contributed by atoms with Gasteiger partial charge in [0.05, 0.1) is 28.2 Å². The minimum absolute atomic E-state index is 0.419. The highest BCUT2D eigenvalue weighted by molar-refractivity contribution is 6.36. The number of benzene rings is 9. The third-order valence-corrected chi connectivity index (χ3v) is 13.4. The molecule has 2 N–H and O–H groups in total. The summed E-state index contributed by atoms with van der Waals surface area (Å²) in [7, 11) is 0. The van der Waals surface area contributed by atoms with Gasteiger partial charge in [-0.3, -0.25) is 5.41 Å². The van der Waals surface area contributed by atoms with E-state index in [0.717, 1.165) is 72.9 Å². The Morgan fingerprint density at radius 1 is 0.397 bits per heavy atom. The van der Waals surface area contributed by atoms with Crippen LogP contribution >= 0.6 is 0 Å². The summed E-state index contributed by atoms with van der Waals surface area (Å²) in [5.74, 6) is 0.646. The Morgan fingerprint density at radius 2 is 0.897 bits per heavy atom. The molecule has 4 nitrogen and oxygen atoms in total. The zero-order valence-corrected chi connectivity index (χ0v) is 37.1. The van der Waals surface area contributed by atoms with Gasteiger partial charge in [0.15, 0.2) is 5.82 Å². The second-order valence-corrected chi connectivity index (χ2v) is 17.3. The van der Waals surface area contributed by atoms with Crippen LogP contribution in [0.1, 0.15) is 50.1 Å². The van der Waals surface area contributed by atoms with Gasteiger partial charge < -0.3 is 5.32 Å². The maximum atomic E-state index is 9.96. The minimum Gasteiger partial charge on any atom is -0.354 e. The predicted octanol–water partition coefficient (Wildman–Crippen LogP) is 14.9. The van der Waals surface area contributed by atoms with Gasteiger partial charge in [-0.25, -0.2) is 9.97 Å². The van der Waals surface area contributed by atoms with Gasteiger partial charge in [0.1, 0.15) is 0 Å². The molecule has 68 heavy (non-hydrogen) atoms. The first kappa shape index (κ1) is 40.5. The molecule has 1 aliphatic heterocycles. The Balaban J connectivity index is 0.980. The molecule has 0 atom stereocenters. The molecule has 0 saturated carbocycles. The number of hydrogen-bond acceptors (Lipinski definition) is 4. The maximum absolute atomic E-state index is 9.96. The van der Waals surface area contributed by atoms with E-state index in [9.17, 15) is 5.41 Å². The van der Waals surface area contributed by atoms with Crippen LogP contribution in [0.25, 0.3) is 68.1 Å². The third kappa shape index (κ3) is 6.99. The SMILES string of the molecule is N=C(/C(=C1\NC(c2ccccc2)=Cc2ccccc21)c1ccccc1)c1ccc(-c2cc(-c3ccccc3)nc(-c3ccc4c(c3)C(c3ccccc3)(c3ccccc3)c3ccccc3-4)n2)cc1. The van der Waals surface area contributed by atoms with Crippen LogP contribution in [0.5, 0.6) is 0 Å². The maximum Gasteiger partial charge on any atom is 0.160 e. The van der Waals surface area contributed by atoms with Gasteiger partial charge in [-0.05, 0) is 68.3 Å². The fourth-order valence-corrected chi connectivity index (χ4v) is 10.2. The normalized spacial score (nSPS) is 13.9. The quantitative estimate of drug-likeness (QED) is 0.142. The van der Waals surface area contributed by atoms with E-state index in [1.165, 1.54) is 33.4 Å². The van der Waals surface area contributed by atoms with Crippen molar-refractivity contribution in [2.75, 3.05) is 0 Å². The molecule has 4 heteroatoms. The molecule has 12 rings (SSSR count). The van der Waals surface area contributed by atoms with Crippen molar-refractivity contribution in [1.29, 1.82) is 5.41 Å². The molecule has 0 spiro atoms. The lowest BCUT2D eigenvalue weighted by Crippen LogP contribution is -2.28. The van der Waals surface area contributed by atoms with E-state index in [1.807, 2.05) is 30.3 Å². The van der Waals surface area contributed by atoms with Crippen LogP contribution in [0.15, 0.2) is 249 Å². The van der Waals surface area contributed by atoms with E-state index in [4.69, 9.17) is 9.97 Å². The van der Waals surface area contributed by atoms with Crippen LogP contribution < -0.4 is 5.32 Å². The summed E-state index contributed by atoms with van der Waals surface area (Å²) in [5, 5.41) is 13.7. The second kappa shape index (κ2) is 17.1. The smallest absolute Gasteiger partial charge is 0.160 e. The lowest BCUT2D eigenvalue weighted by atomic mass is 9.67. The summed E-state index contributed by atoms with van der Waals surface area (Å²) < 4.78 is 0. The van der Waals surface area contributed by atoms with Gasteiger partial charge in [0, 0.05) is 39.1 Å². The van der Waals surface area contributed by atoms with Gasteiger partial charge in [-0.15, -0.1) is 0 Å². The highest BCUT2D eigenvalue weighted by atomic mass is 14.9. The second-order valence-electron chi connectivity index (χ2n) is 17.3. The molecule has 0 amide bonds. The first-order valence-electron chi connectivity index (χ1n) is 23.1. The van der Waals surface area contributed by atoms with Crippen molar-refractivity contribution < 1.29 is 0 Å².